The average molecular weight is 310 g/mol. The van der Waals surface area contributed by atoms with E-state index in [1.165, 1.54) is 0 Å². The monoisotopic (exact) mass is 310 g/mol. The summed E-state index contributed by atoms with van der Waals surface area (Å²) in [5.41, 5.74) is 0. The molecular weight excluding hydrogens is 297 g/mol. The smallest absolute Gasteiger partial charge is 0.458 e. The standard InChI is InChI=1S/C11H13F7O2/c12-9(13,10(14,15)11(16,17)18)8(19)20-7-5-3-1-2-4-6-7/h7H,1-6H2. The average Bonchev–Trinajstić information content (AvgIpc) is 2.55. The van der Waals surface area contributed by atoms with Gasteiger partial charge in [0.25, 0.3) is 0 Å². The molecule has 0 heterocycles. The van der Waals surface area contributed by atoms with E-state index in [-0.39, 0.29) is 12.8 Å². The van der Waals surface area contributed by atoms with E-state index in [0.717, 1.165) is 12.8 Å². The number of hydrogen-bond acceptors (Lipinski definition) is 2. The molecule has 1 fully saturated rings. The molecule has 20 heavy (non-hydrogen) atoms. The minimum Gasteiger partial charge on any atom is -0.458 e. The largest absolute Gasteiger partial charge is 0.460 e. The second-order valence-electron chi connectivity index (χ2n) is 4.67. The van der Waals surface area contributed by atoms with E-state index in [0.29, 0.717) is 12.8 Å². The van der Waals surface area contributed by atoms with Gasteiger partial charge in [-0.1, -0.05) is 12.8 Å². The summed E-state index contributed by atoms with van der Waals surface area (Å²) in [7, 11) is 0. The van der Waals surface area contributed by atoms with Crippen LogP contribution in [0.4, 0.5) is 30.7 Å². The summed E-state index contributed by atoms with van der Waals surface area (Å²) < 4.78 is 91.1. The highest BCUT2D eigenvalue weighted by atomic mass is 19.4. The van der Waals surface area contributed by atoms with Crippen LogP contribution in [0.15, 0.2) is 0 Å². The van der Waals surface area contributed by atoms with Crippen molar-refractivity contribution in [3.8, 4) is 0 Å². The van der Waals surface area contributed by atoms with Gasteiger partial charge in [-0.2, -0.15) is 30.7 Å². The first-order valence-electron chi connectivity index (χ1n) is 6.03. The lowest BCUT2D eigenvalue weighted by Crippen LogP contribution is -2.57. The van der Waals surface area contributed by atoms with Crippen LogP contribution in [-0.2, 0) is 9.53 Å². The molecule has 0 unspecified atom stereocenters. The highest BCUT2D eigenvalue weighted by Gasteiger charge is 2.77. The molecule has 9 heteroatoms. The van der Waals surface area contributed by atoms with Gasteiger partial charge in [-0.3, -0.25) is 0 Å². The van der Waals surface area contributed by atoms with E-state index in [1.807, 2.05) is 0 Å². The van der Waals surface area contributed by atoms with E-state index < -0.39 is 30.1 Å². The Morgan fingerprint density at radius 2 is 1.30 bits per heavy atom. The van der Waals surface area contributed by atoms with Gasteiger partial charge >= 0.3 is 24.0 Å². The SMILES string of the molecule is O=C(OC1CCCCCC1)C(F)(F)C(F)(F)C(F)(F)F. The number of halogens is 7. The molecule has 0 saturated heterocycles. The lowest BCUT2D eigenvalue weighted by atomic mass is 10.1. The summed E-state index contributed by atoms with van der Waals surface area (Å²) in [5, 5.41) is 0. The Morgan fingerprint density at radius 3 is 1.70 bits per heavy atom. The predicted octanol–water partition coefficient (Wildman–Crippen LogP) is 4.09. The van der Waals surface area contributed by atoms with Gasteiger partial charge in [0.05, 0.1) is 0 Å². The molecule has 2 nitrogen and oxygen atoms in total. The third-order valence-electron chi connectivity index (χ3n) is 3.08. The van der Waals surface area contributed by atoms with Crippen LogP contribution >= 0.6 is 0 Å². The molecule has 118 valence electrons. The van der Waals surface area contributed by atoms with Crippen LogP contribution in [-0.4, -0.2) is 30.1 Å². The molecule has 0 radical (unpaired) electrons. The third-order valence-corrected chi connectivity index (χ3v) is 3.08. The van der Waals surface area contributed by atoms with Crippen LogP contribution in [0.2, 0.25) is 0 Å². The maximum atomic E-state index is 13.0. The fourth-order valence-corrected chi connectivity index (χ4v) is 1.89. The van der Waals surface area contributed by atoms with Gasteiger partial charge in [0.1, 0.15) is 6.10 Å². The third kappa shape index (κ3) is 3.35. The van der Waals surface area contributed by atoms with Crippen LogP contribution in [0, 0.1) is 0 Å². The zero-order valence-corrected chi connectivity index (χ0v) is 10.3. The molecule has 0 N–H and O–H groups in total. The van der Waals surface area contributed by atoms with E-state index in [9.17, 15) is 35.5 Å². The molecule has 1 saturated carbocycles. The zero-order valence-electron chi connectivity index (χ0n) is 10.3. The first kappa shape index (κ1) is 17.0. The second kappa shape index (κ2) is 5.77. The second-order valence-corrected chi connectivity index (χ2v) is 4.67. The van der Waals surface area contributed by atoms with Crippen molar-refractivity contribution in [2.45, 2.75) is 62.7 Å². The van der Waals surface area contributed by atoms with Crippen LogP contribution in [0.5, 0.6) is 0 Å². The van der Waals surface area contributed by atoms with Crippen molar-refractivity contribution in [2.24, 2.45) is 0 Å². The molecule has 0 atom stereocenters. The molecule has 1 aliphatic carbocycles. The normalized spacial score (nSPS) is 19.6. The van der Waals surface area contributed by atoms with E-state index in [4.69, 9.17) is 0 Å². The zero-order chi connectivity index (χ0) is 15.6. The fraction of sp³-hybridized carbons (Fsp3) is 0.909. The number of ether oxygens (including phenoxy) is 1. The Hall–Kier alpha value is -1.02. The van der Waals surface area contributed by atoms with Crippen molar-refractivity contribution >= 4 is 5.97 Å². The van der Waals surface area contributed by atoms with Crippen LogP contribution in [0.3, 0.4) is 0 Å². The summed E-state index contributed by atoms with van der Waals surface area (Å²) in [6.07, 6.45) is -4.59. The maximum Gasteiger partial charge on any atom is 0.460 e. The van der Waals surface area contributed by atoms with E-state index in [2.05, 4.69) is 4.74 Å². The van der Waals surface area contributed by atoms with Gasteiger partial charge in [-0.25, -0.2) is 4.79 Å². The minimum atomic E-state index is -6.53. The highest BCUT2D eigenvalue weighted by molar-refractivity contribution is 5.79. The first-order chi connectivity index (χ1) is 9.00. The lowest BCUT2D eigenvalue weighted by Gasteiger charge is -2.28. The minimum absolute atomic E-state index is 0.180. The molecule has 0 bridgehead atoms. The molecular formula is C11H13F7O2. The van der Waals surface area contributed by atoms with Crippen molar-refractivity contribution in [1.29, 1.82) is 0 Å². The van der Waals surface area contributed by atoms with E-state index >= 15 is 0 Å². The molecule has 0 aromatic rings. The van der Waals surface area contributed by atoms with Gasteiger partial charge in [0, 0.05) is 0 Å². The van der Waals surface area contributed by atoms with Crippen molar-refractivity contribution in [1.82, 2.24) is 0 Å². The van der Waals surface area contributed by atoms with Gasteiger partial charge < -0.3 is 4.74 Å². The van der Waals surface area contributed by atoms with Crippen molar-refractivity contribution in [2.75, 3.05) is 0 Å². The van der Waals surface area contributed by atoms with Crippen LogP contribution in [0.25, 0.3) is 0 Å². The Balaban J connectivity index is 2.78. The highest BCUT2D eigenvalue weighted by Crippen LogP contribution is 2.47. The predicted molar refractivity (Wildman–Crippen MR) is 53.5 cm³/mol. The molecule has 1 rings (SSSR count). The topological polar surface area (TPSA) is 26.3 Å². The molecule has 0 aromatic carbocycles. The number of carbonyl (C=O) groups is 1. The Kier molecular flexibility index (Phi) is 4.91. The van der Waals surface area contributed by atoms with E-state index in [1.54, 1.807) is 0 Å². The van der Waals surface area contributed by atoms with Crippen LogP contribution in [0.1, 0.15) is 38.5 Å². The van der Waals surface area contributed by atoms with Gasteiger partial charge in [0.2, 0.25) is 0 Å². The van der Waals surface area contributed by atoms with Crippen molar-refractivity contribution < 1.29 is 40.3 Å². The van der Waals surface area contributed by atoms with Crippen molar-refractivity contribution in [3.63, 3.8) is 0 Å². The quantitative estimate of drug-likeness (QED) is 0.446. The van der Waals surface area contributed by atoms with Crippen molar-refractivity contribution in [3.05, 3.63) is 0 Å². The maximum absolute atomic E-state index is 13.0. The molecule has 0 spiro atoms. The fourth-order valence-electron chi connectivity index (χ4n) is 1.89. The molecule has 0 aromatic heterocycles. The number of hydrogen-bond donors (Lipinski definition) is 0. The molecule has 0 amide bonds. The summed E-state index contributed by atoms with van der Waals surface area (Å²) in [4.78, 5) is 11.0. The van der Waals surface area contributed by atoms with Crippen LogP contribution < -0.4 is 0 Å². The van der Waals surface area contributed by atoms with Gasteiger partial charge in [-0.15, -0.1) is 0 Å². The molecule has 1 aliphatic rings. The first-order valence-corrected chi connectivity index (χ1v) is 6.03. The Labute approximate surface area is 110 Å². The Morgan fingerprint density at radius 1 is 0.850 bits per heavy atom. The molecule has 0 aliphatic heterocycles. The number of esters is 1. The number of alkyl halides is 7. The number of rotatable bonds is 3. The Bertz CT molecular complexity index is 343. The summed E-state index contributed by atoms with van der Waals surface area (Å²) in [6.45, 7) is 0. The van der Waals surface area contributed by atoms with Gasteiger partial charge in [-0.05, 0) is 25.7 Å². The number of carbonyl (C=O) groups excluding carboxylic acids is 1. The summed E-state index contributed by atoms with van der Waals surface area (Å²) in [5.74, 6) is -15.2. The summed E-state index contributed by atoms with van der Waals surface area (Å²) >= 11 is 0. The lowest BCUT2D eigenvalue weighted by molar-refractivity contribution is -0.349. The summed E-state index contributed by atoms with van der Waals surface area (Å²) in [6, 6.07) is 0. The van der Waals surface area contributed by atoms with Gasteiger partial charge in [0.15, 0.2) is 0 Å².